The molecule has 2 aromatic rings. The van der Waals surface area contributed by atoms with Crippen LogP contribution in [0.4, 0.5) is 5.82 Å². The molecule has 0 saturated carbocycles. The van der Waals surface area contributed by atoms with Gasteiger partial charge < -0.3 is 9.64 Å². The van der Waals surface area contributed by atoms with E-state index in [0.29, 0.717) is 5.69 Å². The maximum atomic E-state index is 9.40. The monoisotopic (exact) mass is 256 g/mol. The Hall–Kier alpha value is -2.06. The van der Waals surface area contributed by atoms with E-state index in [9.17, 15) is 5.26 Å². The molecule has 3 heterocycles. The number of hydrogen-bond donors (Lipinski definition) is 0. The van der Waals surface area contributed by atoms with Crippen molar-refractivity contribution in [3.05, 3.63) is 30.1 Å². The molecule has 1 saturated heterocycles. The Balaban J connectivity index is 2.07. The van der Waals surface area contributed by atoms with Crippen molar-refractivity contribution in [2.75, 3.05) is 18.0 Å². The highest BCUT2D eigenvalue weighted by Crippen LogP contribution is 2.24. The molecule has 98 valence electrons. The molecule has 0 amide bonds. The Morgan fingerprint density at radius 3 is 2.74 bits per heavy atom. The topological polar surface area (TPSA) is 53.6 Å². The van der Waals surface area contributed by atoms with Crippen LogP contribution in [0.1, 0.15) is 19.5 Å². The summed E-state index contributed by atoms with van der Waals surface area (Å²) in [5, 5.41) is 9.40. The Labute approximate surface area is 112 Å². The van der Waals surface area contributed by atoms with Gasteiger partial charge >= 0.3 is 0 Å². The summed E-state index contributed by atoms with van der Waals surface area (Å²) in [5.41, 5.74) is 1.40. The minimum absolute atomic E-state index is 0.153. The zero-order chi connectivity index (χ0) is 13.4. The summed E-state index contributed by atoms with van der Waals surface area (Å²) in [7, 11) is 0. The van der Waals surface area contributed by atoms with Gasteiger partial charge in [0.1, 0.15) is 11.7 Å². The molecule has 3 rings (SSSR count). The van der Waals surface area contributed by atoms with Crippen LogP contribution in [0.2, 0.25) is 0 Å². The van der Waals surface area contributed by atoms with Crippen molar-refractivity contribution < 1.29 is 4.74 Å². The van der Waals surface area contributed by atoms with Crippen LogP contribution in [-0.4, -0.2) is 34.7 Å². The number of rotatable bonds is 1. The van der Waals surface area contributed by atoms with Crippen LogP contribution < -0.4 is 4.90 Å². The van der Waals surface area contributed by atoms with Gasteiger partial charge in [-0.1, -0.05) is 6.07 Å². The van der Waals surface area contributed by atoms with E-state index < -0.39 is 0 Å². The Kier molecular flexibility index (Phi) is 2.88. The molecule has 1 fully saturated rings. The van der Waals surface area contributed by atoms with Gasteiger partial charge in [-0.2, -0.15) is 5.26 Å². The van der Waals surface area contributed by atoms with Gasteiger partial charge in [0.25, 0.3) is 0 Å². The highest BCUT2D eigenvalue weighted by atomic mass is 16.5. The second kappa shape index (κ2) is 4.56. The number of nitrogens with zero attached hydrogens (tertiary/aromatic N) is 4. The van der Waals surface area contributed by atoms with Gasteiger partial charge in [-0.05, 0) is 26.0 Å². The SMILES string of the molecule is C[C@@H]1CN(c2nc3ccccn3c2C#N)C[C@H](C)O1. The van der Waals surface area contributed by atoms with Gasteiger partial charge in [0.15, 0.2) is 11.5 Å². The number of ether oxygens (including phenoxy) is 1. The van der Waals surface area contributed by atoms with E-state index >= 15 is 0 Å². The summed E-state index contributed by atoms with van der Waals surface area (Å²) < 4.78 is 7.56. The molecule has 5 nitrogen and oxygen atoms in total. The molecule has 0 N–H and O–H groups in total. The van der Waals surface area contributed by atoms with Crippen LogP contribution in [-0.2, 0) is 4.74 Å². The quantitative estimate of drug-likeness (QED) is 0.781. The lowest BCUT2D eigenvalue weighted by Gasteiger charge is -2.35. The third-order valence-corrected chi connectivity index (χ3v) is 3.34. The number of nitriles is 1. The minimum Gasteiger partial charge on any atom is -0.372 e. The van der Waals surface area contributed by atoms with Crippen molar-refractivity contribution in [3.8, 4) is 6.07 Å². The Morgan fingerprint density at radius 1 is 1.32 bits per heavy atom. The highest BCUT2D eigenvalue weighted by molar-refractivity contribution is 5.60. The average molecular weight is 256 g/mol. The fourth-order valence-electron chi connectivity index (χ4n) is 2.66. The molecule has 0 unspecified atom stereocenters. The first-order valence-electron chi connectivity index (χ1n) is 6.46. The van der Waals surface area contributed by atoms with E-state index in [1.807, 2.05) is 42.6 Å². The van der Waals surface area contributed by atoms with Crippen LogP contribution in [0.25, 0.3) is 5.65 Å². The first kappa shape index (κ1) is 12.0. The van der Waals surface area contributed by atoms with Crippen molar-refractivity contribution >= 4 is 11.5 Å². The molecule has 5 heteroatoms. The molecule has 19 heavy (non-hydrogen) atoms. The van der Waals surface area contributed by atoms with Crippen molar-refractivity contribution in [1.82, 2.24) is 9.38 Å². The smallest absolute Gasteiger partial charge is 0.169 e. The maximum Gasteiger partial charge on any atom is 0.169 e. The molecule has 0 aliphatic carbocycles. The van der Waals surface area contributed by atoms with Crippen LogP contribution >= 0.6 is 0 Å². The largest absolute Gasteiger partial charge is 0.372 e. The van der Waals surface area contributed by atoms with Crippen molar-refractivity contribution in [2.24, 2.45) is 0 Å². The van der Waals surface area contributed by atoms with Crippen molar-refractivity contribution in [2.45, 2.75) is 26.1 Å². The van der Waals surface area contributed by atoms with E-state index in [0.717, 1.165) is 24.6 Å². The molecular formula is C14H16N4O. The lowest BCUT2D eigenvalue weighted by atomic mass is 10.2. The first-order valence-corrected chi connectivity index (χ1v) is 6.46. The van der Waals surface area contributed by atoms with Crippen molar-refractivity contribution in [1.29, 1.82) is 5.26 Å². The number of pyridine rings is 1. The summed E-state index contributed by atoms with van der Waals surface area (Å²) in [6.07, 6.45) is 2.18. The third kappa shape index (κ3) is 2.04. The zero-order valence-electron chi connectivity index (χ0n) is 11.1. The molecule has 2 atom stereocenters. The molecule has 2 aromatic heterocycles. The lowest BCUT2D eigenvalue weighted by Crippen LogP contribution is -2.46. The van der Waals surface area contributed by atoms with E-state index in [2.05, 4.69) is 16.0 Å². The fourth-order valence-corrected chi connectivity index (χ4v) is 2.66. The standard InChI is InChI=1S/C14H16N4O/c1-10-8-17(9-11(2)19-10)14-12(7-15)18-6-4-3-5-13(18)16-14/h3-6,10-11H,8-9H2,1-2H3/t10-,11+. The number of imidazole rings is 1. The second-order valence-corrected chi connectivity index (χ2v) is 4.99. The number of aromatic nitrogens is 2. The predicted molar refractivity (Wildman–Crippen MR) is 72.1 cm³/mol. The highest BCUT2D eigenvalue weighted by Gasteiger charge is 2.26. The zero-order valence-corrected chi connectivity index (χ0v) is 11.1. The molecule has 0 radical (unpaired) electrons. The molecular weight excluding hydrogens is 240 g/mol. The van der Waals surface area contributed by atoms with Crippen LogP contribution in [0.15, 0.2) is 24.4 Å². The lowest BCUT2D eigenvalue weighted by molar-refractivity contribution is -0.00544. The fraction of sp³-hybridized carbons (Fsp3) is 0.429. The second-order valence-electron chi connectivity index (χ2n) is 4.99. The van der Waals surface area contributed by atoms with Crippen LogP contribution in [0, 0.1) is 11.3 Å². The maximum absolute atomic E-state index is 9.40. The van der Waals surface area contributed by atoms with Crippen molar-refractivity contribution in [3.63, 3.8) is 0 Å². The van der Waals surface area contributed by atoms with Gasteiger partial charge in [-0.3, -0.25) is 4.40 Å². The number of hydrogen-bond acceptors (Lipinski definition) is 4. The van der Waals surface area contributed by atoms with Crippen LogP contribution in [0.5, 0.6) is 0 Å². The average Bonchev–Trinajstić information content (AvgIpc) is 2.76. The molecule has 1 aliphatic rings. The van der Waals surface area contributed by atoms with Gasteiger partial charge in [-0.15, -0.1) is 0 Å². The Bertz CT molecular complexity index is 632. The van der Waals surface area contributed by atoms with Gasteiger partial charge in [0.2, 0.25) is 0 Å². The number of fused-ring (bicyclic) bond motifs is 1. The summed E-state index contributed by atoms with van der Waals surface area (Å²) in [5.74, 6) is 0.760. The van der Waals surface area contributed by atoms with E-state index in [-0.39, 0.29) is 12.2 Å². The van der Waals surface area contributed by atoms with E-state index in [1.54, 1.807) is 0 Å². The van der Waals surface area contributed by atoms with Crippen LogP contribution in [0.3, 0.4) is 0 Å². The third-order valence-electron chi connectivity index (χ3n) is 3.34. The normalized spacial score (nSPS) is 23.5. The summed E-state index contributed by atoms with van der Waals surface area (Å²) >= 11 is 0. The molecule has 0 aromatic carbocycles. The summed E-state index contributed by atoms with van der Waals surface area (Å²) in [6.45, 7) is 5.63. The van der Waals surface area contributed by atoms with Gasteiger partial charge in [0, 0.05) is 19.3 Å². The molecule has 0 spiro atoms. The minimum atomic E-state index is 0.153. The molecule has 0 bridgehead atoms. The summed E-state index contributed by atoms with van der Waals surface area (Å²) in [6, 6.07) is 8.01. The molecule has 1 aliphatic heterocycles. The Morgan fingerprint density at radius 2 is 2.05 bits per heavy atom. The van der Waals surface area contributed by atoms with E-state index in [1.165, 1.54) is 0 Å². The first-order chi connectivity index (χ1) is 9.19. The van der Waals surface area contributed by atoms with E-state index in [4.69, 9.17) is 4.74 Å². The number of anilines is 1. The van der Waals surface area contributed by atoms with Gasteiger partial charge in [0.05, 0.1) is 12.2 Å². The summed E-state index contributed by atoms with van der Waals surface area (Å²) in [4.78, 5) is 6.73. The predicted octanol–water partition coefficient (Wildman–Crippen LogP) is 1.82. The number of morpholine rings is 1. The van der Waals surface area contributed by atoms with Gasteiger partial charge in [-0.25, -0.2) is 4.98 Å².